The molecular formula is C11H17ClN2O. The Hall–Kier alpha value is -0.570. The van der Waals surface area contributed by atoms with Crippen LogP contribution in [0.5, 0.6) is 0 Å². The Balaban J connectivity index is 1.98. The van der Waals surface area contributed by atoms with Gasteiger partial charge in [0.15, 0.2) is 5.82 Å². The zero-order valence-electron chi connectivity index (χ0n) is 8.91. The van der Waals surface area contributed by atoms with Gasteiger partial charge in [-0.2, -0.15) is 4.98 Å². The summed E-state index contributed by atoms with van der Waals surface area (Å²) < 4.78 is 4.83. The van der Waals surface area contributed by atoms with Crippen LogP contribution in [-0.2, 0) is 0 Å². The summed E-state index contributed by atoms with van der Waals surface area (Å²) in [5.74, 6) is 1.27. The van der Waals surface area contributed by atoms with Crippen LogP contribution in [0.1, 0.15) is 63.1 Å². The highest BCUT2D eigenvalue weighted by Crippen LogP contribution is 2.28. The van der Waals surface area contributed by atoms with Crippen LogP contribution < -0.4 is 0 Å². The minimum absolute atomic E-state index is 0.171. The molecule has 1 heterocycles. The van der Waals surface area contributed by atoms with E-state index in [-0.39, 0.29) is 5.35 Å². The molecule has 1 fully saturated rings. The van der Waals surface area contributed by atoms with Gasteiger partial charge in [-0.15, -0.1) is 0 Å². The van der Waals surface area contributed by atoms with Gasteiger partial charge in [-0.05, 0) is 24.4 Å². The zero-order chi connectivity index (χ0) is 10.5. The molecule has 1 saturated carbocycles. The van der Waals surface area contributed by atoms with Crippen molar-refractivity contribution in [2.24, 2.45) is 0 Å². The van der Waals surface area contributed by atoms with Gasteiger partial charge in [0.1, 0.15) is 0 Å². The molecule has 4 heteroatoms. The molecule has 0 atom stereocenters. The van der Waals surface area contributed by atoms with Gasteiger partial charge in [-0.1, -0.05) is 43.7 Å². The molecule has 0 unspecified atom stereocenters. The van der Waals surface area contributed by atoms with E-state index in [0.717, 1.165) is 5.82 Å². The Labute approximate surface area is 95.2 Å². The largest absolute Gasteiger partial charge is 0.321 e. The van der Waals surface area contributed by atoms with Gasteiger partial charge in [0.05, 0.1) is 0 Å². The molecule has 0 N–H and O–H groups in total. The van der Waals surface area contributed by atoms with Crippen LogP contribution >= 0.6 is 11.6 Å². The van der Waals surface area contributed by atoms with Gasteiger partial charge in [-0.3, -0.25) is 0 Å². The Morgan fingerprint density at radius 3 is 2.13 bits per heavy atom. The molecule has 15 heavy (non-hydrogen) atoms. The van der Waals surface area contributed by atoms with E-state index in [1.54, 1.807) is 0 Å². The van der Waals surface area contributed by atoms with Crippen molar-refractivity contribution in [2.45, 2.75) is 57.3 Å². The van der Waals surface area contributed by atoms with Crippen molar-refractivity contribution in [1.82, 2.24) is 10.1 Å². The normalized spacial score (nSPS) is 20.6. The topological polar surface area (TPSA) is 38.9 Å². The zero-order valence-corrected chi connectivity index (χ0v) is 9.67. The highest BCUT2D eigenvalue weighted by atomic mass is 35.5. The van der Waals surface area contributed by atoms with Gasteiger partial charge >= 0.3 is 5.35 Å². The number of aromatic nitrogens is 2. The second-order valence-electron chi connectivity index (χ2n) is 4.30. The van der Waals surface area contributed by atoms with Gasteiger partial charge in [0, 0.05) is 5.92 Å². The second-order valence-corrected chi connectivity index (χ2v) is 4.62. The number of rotatable bonds is 1. The van der Waals surface area contributed by atoms with Crippen LogP contribution in [0.4, 0.5) is 0 Å². The maximum atomic E-state index is 5.64. The first-order chi connectivity index (χ1) is 7.36. The average molecular weight is 229 g/mol. The van der Waals surface area contributed by atoms with Crippen molar-refractivity contribution in [3.8, 4) is 0 Å². The average Bonchev–Trinajstić information content (AvgIpc) is 2.69. The van der Waals surface area contributed by atoms with Crippen molar-refractivity contribution in [3.63, 3.8) is 0 Å². The molecule has 0 spiro atoms. The number of halogens is 1. The molecular weight excluding hydrogens is 212 g/mol. The van der Waals surface area contributed by atoms with Gasteiger partial charge < -0.3 is 4.52 Å². The van der Waals surface area contributed by atoms with Crippen molar-refractivity contribution in [2.75, 3.05) is 0 Å². The van der Waals surface area contributed by atoms with Crippen LogP contribution in [0, 0.1) is 0 Å². The standard InChI is InChI=1S/C11H17ClN2O/c12-11-13-10(14-15-11)9-7-5-3-1-2-4-6-8-9/h9H,1-8H2. The van der Waals surface area contributed by atoms with E-state index in [4.69, 9.17) is 16.1 Å². The highest BCUT2D eigenvalue weighted by molar-refractivity contribution is 6.27. The summed E-state index contributed by atoms with van der Waals surface area (Å²) in [6, 6.07) is 0. The molecule has 0 saturated heterocycles. The molecule has 1 aliphatic carbocycles. The Morgan fingerprint density at radius 2 is 1.60 bits per heavy atom. The van der Waals surface area contributed by atoms with Gasteiger partial charge in [0.2, 0.25) is 0 Å². The fraction of sp³-hybridized carbons (Fsp3) is 0.818. The van der Waals surface area contributed by atoms with E-state index >= 15 is 0 Å². The predicted octanol–water partition coefficient (Wildman–Crippen LogP) is 3.94. The SMILES string of the molecule is Clc1nc(C2CCCCCCCC2)no1. The highest BCUT2D eigenvalue weighted by Gasteiger charge is 2.18. The molecule has 2 rings (SSSR count). The van der Waals surface area contributed by atoms with Crippen LogP contribution in [0.2, 0.25) is 5.35 Å². The summed E-state index contributed by atoms with van der Waals surface area (Å²) in [6.07, 6.45) is 10.3. The third kappa shape index (κ3) is 3.20. The van der Waals surface area contributed by atoms with E-state index in [1.165, 1.54) is 51.4 Å². The summed E-state index contributed by atoms with van der Waals surface area (Å²) in [6.45, 7) is 0. The Bertz CT molecular complexity index is 291. The first-order valence-electron chi connectivity index (χ1n) is 5.85. The fourth-order valence-corrected chi connectivity index (χ4v) is 2.39. The van der Waals surface area contributed by atoms with Crippen LogP contribution in [-0.4, -0.2) is 10.1 Å². The molecule has 1 aliphatic rings. The number of hydrogen-bond donors (Lipinski definition) is 0. The molecule has 0 radical (unpaired) electrons. The fourth-order valence-electron chi connectivity index (χ4n) is 2.27. The predicted molar refractivity (Wildman–Crippen MR) is 59.0 cm³/mol. The molecule has 0 aromatic carbocycles. The quantitative estimate of drug-likeness (QED) is 0.731. The lowest BCUT2D eigenvalue weighted by molar-refractivity contribution is 0.397. The van der Waals surface area contributed by atoms with Crippen molar-refractivity contribution < 1.29 is 4.52 Å². The van der Waals surface area contributed by atoms with E-state index < -0.39 is 0 Å². The number of hydrogen-bond acceptors (Lipinski definition) is 3. The lowest BCUT2D eigenvalue weighted by atomic mass is 9.96. The second kappa shape index (κ2) is 5.50. The van der Waals surface area contributed by atoms with Gasteiger partial charge in [-0.25, -0.2) is 0 Å². The Morgan fingerprint density at radius 1 is 1.00 bits per heavy atom. The smallest absolute Gasteiger partial charge is 0.320 e. The van der Waals surface area contributed by atoms with Gasteiger partial charge in [0.25, 0.3) is 0 Å². The minimum Gasteiger partial charge on any atom is -0.321 e. The van der Waals surface area contributed by atoms with Crippen LogP contribution in [0.25, 0.3) is 0 Å². The van der Waals surface area contributed by atoms with Crippen molar-refractivity contribution >= 4 is 11.6 Å². The first kappa shape index (κ1) is 10.9. The number of nitrogens with zero attached hydrogens (tertiary/aromatic N) is 2. The van der Waals surface area contributed by atoms with Crippen molar-refractivity contribution in [1.29, 1.82) is 0 Å². The maximum Gasteiger partial charge on any atom is 0.320 e. The summed E-state index contributed by atoms with van der Waals surface area (Å²) >= 11 is 5.64. The lowest BCUT2D eigenvalue weighted by Crippen LogP contribution is -2.01. The van der Waals surface area contributed by atoms with E-state index in [1.807, 2.05) is 0 Å². The van der Waals surface area contributed by atoms with Crippen LogP contribution in [0.3, 0.4) is 0 Å². The van der Waals surface area contributed by atoms with E-state index in [0.29, 0.717) is 5.92 Å². The molecule has 0 amide bonds. The maximum absolute atomic E-state index is 5.64. The monoisotopic (exact) mass is 228 g/mol. The molecule has 0 bridgehead atoms. The summed E-state index contributed by atoms with van der Waals surface area (Å²) in [4.78, 5) is 4.12. The summed E-state index contributed by atoms with van der Waals surface area (Å²) in [5.41, 5.74) is 0. The Kier molecular flexibility index (Phi) is 4.01. The molecule has 0 aliphatic heterocycles. The third-order valence-corrected chi connectivity index (χ3v) is 3.29. The summed E-state index contributed by atoms with van der Waals surface area (Å²) in [7, 11) is 0. The minimum atomic E-state index is 0.171. The van der Waals surface area contributed by atoms with Crippen LogP contribution in [0.15, 0.2) is 4.52 Å². The van der Waals surface area contributed by atoms with E-state index in [9.17, 15) is 0 Å². The lowest BCUT2D eigenvalue weighted by Gasteiger charge is -2.10. The van der Waals surface area contributed by atoms with E-state index in [2.05, 4.69) is 10.1 Å². The molecule has 3 nitrogen and oxygen atoms in total. The van der Waals surface area contributed by atoms with Crippen molar-refractivity contribution in [3.05, 3.63) is 11.2 Å². The molecule has 1 aromatic rings. The first-order valence-corrected chi connectivity index (χ1v) is 6.23. The summed E-state index contributed by atoms with van der Waals surface area (Å²) in [5, 5.41) is 4.10. The molecule has 1 aromatic heterocycles. The molecule has 84 valence electrons. The third-order valence-electron chi connectivity index (χ3n) is 3.14.